The molecule has 2 aromatic rings. The molecule has 0 saturated heterocycles. The first kappa shape index (κ1) is 31.6. The predicted molar refractivity (Wildman–Crippen MR) is 144 cm³/mol. The number of alkyl halides is 2. The average molecular weight is 542 g/mol. The molecule has 36 heavy (non-hydrogen) atoms. The number of esters is 2. The van der Waals surface area contributed by atoms with Gasteiger partial charge in [0.2, 0.25) is 0 Å². The van der Waals surface area contributed by atoms with E-state index in [-0.39, 0.29) is 24.8 Å². The van der Waals surface area contributed by atoms with Gasteiger partial charge in [-0.2, -0.15) is 0 Å². The molecule has 0 unspecified atom stereocenters. The molecule has 0 aliphatic rings. The van der Waals surface area contributed by atoms with Crippen LogP contribution < -0.4 is 9.47 Å². The topological polar surface area (TPSA) is 71.1 Å². The number of unbranched alkanes of at least 4 members (excludes halogenated alkanes) is 2. The fourth-order valence-electron chi connectivity index (χ4n) is 2.73. The Labute approximate surface area is 225 Å². The first-order valence-electron chi connectivity index (χ1n) is 12.3. The van der Waals surface area contributed by atoms with E-state index in [2.05, 4.69) is 0 Å². The average Bonchev–Trinajstić information content (AvgIpc) is 2.86. The Morgan fingerprint density at radius 2 is 0.917 bits per heavy atom. The van der Waals surface area contributed by atoms with E-state index in [1.54, 1.807) is 0 Å². The Bertz CT molecular complexity index is 769. The van der Waals surface area contributed by atoms with E-state index in [0.29, 0.717) is 38.2 Å². The molecule has 8 heteroatoms. The van der Waals surface area contributed by atoms with Crippen LogP contribution >= 0.6 is 23.2 Å². The number of rotatable bonds is 16. The van der Waals surface area contributed by atoms with E-state index in [0.717, 1.165) is 37.2 Å². The van der Waals surface area contributed by atoms with Gasteiger partial charge in [0.05, 0.1) is 39.3 Å². The van der Waals surface area contributed by atoms with Crippen LogP contribution in [0.2, 0.25) is 0 Å². The van der Waals surface area contributed by atoms with Gasteiger partial charge in [-0.05, 0) is 63.8 Å². The number of hydrogen-bond donors (Lipinski definition) is 0. The third kappa shape index (κ3) is 17.1. The van der Waals surface area contributed by atoms with Crippen LogP contribution in [0.15, 0.2) is 48.5 Å². The van der Waals surface area contributed by atoms with Crippen molar-refractivity contribution < 1.29 is 28.5 Å². The molecule has 0 spiro atoms. The smallest absolute Gasteiger partial charge is 0.306 e. The molecule has 0 fully saturated rings. The van der Waals surface area contributed by atoms with Gasteiger partial charge in [0, 0.05) is 11.8 Å². The molecule has 2 aromatic carbocycles. The molecule has 0 bridgehead atoms. The normalized spacial score (nSPS) is 10.1. The van der Waals surface area contributed by atoms with Crippen molar-refractivity contribution in [3.8, 4) is 11.5 Å². The van der Waals surface area contributed by atoms with Gasteiger partial charge in [-0.1, -0.05) is 35.4 Å². The Kier molecular flexibility index (Phi) is 18.2. The summed E-state index contributed by atoms with van der Waals surface area (Å²) in [6, 6.07) is 15.9. The molecule has 0 amide bonds. The van der Waals surface area contributed by atoms with Crippen LogP contribution in [0.5, 0.6) is 11.5 Å². The van der Waals surface area contributed by atoms with E-state index in [1.807, 2.05) is 62.4 Å². The zero-order chi connectivity index (χ0) is 26.4. The van der Waals surface area contributed by atoms with Gasteiger partial charge < -0.3 is 18.9 Å². The van der Waals surface area contributed by atoms with E-state index in [9.17, 15) is 9.59 Å². The highest BCUT2D eigenvalue weighted by molar-refractivity contribution is 6.19. The predicted octanol–water partition coefficient (Wildman–Crippen LogP) is 6.65. The molecule has 6 nitrogen and oxygen atoms in total. The first-order valence-corrected chi connectivity index (χ1v) is 13.3. The van der Waals surface area contributed by atoms with Crippen LogP contribution in [-0.4, -0.2) is 50.1 Å². The van der Waals surface area contributed by atoms with Gasteiger partial charge in [0.1, 0.15) is 11.5 Å². The molecule has 200 valence electrons. The number of benzene rings is 2. The Balaban J connectivity index is 0.000000360. The quantitative estimate of drug-likeness (QED) is 0.135. The molecule has 0 aliphatic heterocycles. The Hall–Kier alpha value is -2.44. The van der Waals surface area contributed by atoms with Crippen molar-refractivity contribution >= 4 is 35.1 Å². The lowest BCUT2D eigenvalue weighted by Gasteiger charge is -2.06. The molecule has 0 N–H and O–H groups in total. The van der Waals surface area contributed by atoms with Gasteiger partial charge in [0.15, 0.2) is 0 Å². The van der Waals surface area contributed by atoms with Crippen molar-refractivity contribution in [1.82, 2.24) is 0 Å². The van der Waals surface area contributed by atoms with Crippen molar-refractivity contribution in [2.24, 2.45) is 0 Å². The largest absolute Gasteiger partial charge is 0.494 e. The minimum Gasteiger partial charge on any atom is -0.494 e. The third-order valence-corrected chi connectivity index (χ3v) is 5.16. The highest BCUT2D eigenvalue weighted by Crippen LogP contribution is 2.12. The SMILES string of the molecule is Cc1ccc(OCCCCOC(=O)CCCl)cc1.Cc1ccc(OCCCCOC(=O)CCCl)cc1. The second-order valence-electron chi connectivity index (χ2n) is 8.06. The molecule has 0 saturated carbocycles. The van der Waals surface area contributed by atoms with Crippen molar-refractivity contribution in [2.45, 2.75) is 52.4 Å². The van der Waals surface area contributed by atoms with Crippen molar-refractivity contribution in [2.75, 3.05) is 38.2 Å². The summed E-state index contributed by atoms with van der Waals surface area (Å²) < 4.78 is 21.1. The molecular formula is C28H38Cl2O6. The lowest BCUT2D eigenvalue weighted by atomic mass is 10.2. The van der Waals surface area contributed by atoms with Gasteiger partial charge >= 0.3 is 11.9 Å². The molecule has 2 rings (SSSR count). The maximum Gasteiger partial charge on any atom is 0.306 e. The molecule has 0 aliphatic carbocycles. The summed E-state index contributed by atoms with van der Waals surface area (Å²) in [5, 5.41) is 0. The van der Waals surface area contributed by atoms with E-state index < -0.39 is 0 Å². The van der Waals surface area contributed by atoms with Crippen molar-refractivity contribution in [3.63, 3.8) is 0 Å². The number of carbonyl (C=O) groups excluding carboxylic acids is 2. The van der Waals surface area contributed by atoms with Gasteiger partial charge in [-0.15, -0.1) is 23.2 Å². The maximum absolute atomic E-state index is 11.0. The molecule has 0 heterocycles. The van der Waals surface area contributed by atoms with Crippen molar-refractivity contribution in [3.05, 3.63) is 59.7 Å². The fraction of sp³-hybridized carbons (Fsp3) is 0.500. The lowest BCUT2D eigenvalue weighted by molar-refractivity contribution is -0.144. The highest BCUT2D eigenvalue weighted by atomic mass is 35.5. The molecule has 0 aromatic heterocycles. The summed E-state index contributed by atoms with van der Waals surface area (Å²) in [6.07, 6.45) is 3.90. The van der Waals surface area contributed by atoms with Crippen LogP contribution in [0, 0.1) is 13.8 Å². The third-order valence-electron chi connectivity index (χ3n) is 4.78. The van der Waals surface area contributed by atoms with Crippen LogP contribution in [0.1, 0.15) is 49.7 Å². The monoisotopic (exact) mass is 540 g/mol. The minimum absolute atomic E-state index is 0.232. The molecule has 0 radical (unpaired) electrons. The summed E-state index contributed by atoms with van der Waals surface area (Å²) in [5.41, 5.74) is 2.43. The van der Waals surface area contributed by atoms with Gasteiger partial charge in [0.25, 0.3) is 0 Å². The zero-order valence-electron chi connectivity index (χ0n) is 21.3. The minimum atomic E-state index is -0.232. The maximum atomic E-state index is 11.0. The fourth-order valence-corrected chi connectivity index (χ4v) is 3.04. The first-order chi connectivity index (χ1) is 17.4. The molecule has 0 atom stereocenters. The standard InChI is InChI=1S/2C14H19ClO3/c2*1-12-4-6-13(7-5-12)17-10-2-3-11-18-14(16)8-9-15/h2*4-7H,2-3,8-11H2,1H3. The lowest BCUT2D eigenvalue weighted by Crippen LogP contribution is -2.07. The van der Waals surface area contributed by atoms with Gasteiger partial charge in [-0.3, -0.25) is 9.59 Å². The number of ether oxygens (including phenoxy) is 4. The summed E-state index contributed by atoms with van der Waals surface area (Å²) in [6.45, 7) is 6.23. The van der Waals surface area contributed by atoms with Crippen LogP contribution in [0.4, 0.5) is 0 Å². The van der Waals surface area contributed by atoms with Crippen LogP contribution in [0.3, 0.4) is 0 Å². The van der Waals surface area contributed by atoms with Crippen molar-refractivity contribution in [1.29, 1.82) is 0 Å². The Morgan fingerprint density at radius 3 is 1.25 bits per heavy atom. The zero-order valence-corrected chi connectivity index (χ0v) is 22.8. The highest BCUT2D eigenvalue weighted by Gasteiger charge is 2.02. The summed E-state index contributed by atoms with van der Waals surface area (Å²) in [4.78, 5) is 22.0. The number of aryl methyl sites for hydroxylation is 2. The number of carbonyl (C=O) groups is 2. The van der Waals surface area contributed by atoms with E-state index >= 15 is 0 Å². The summed E-state index contributed by atoms with van der Waals surface area (Å²) in [7, 11) is 0. The van der Waals surface area contributed by atoms with Gasteiger partial charge in [-0.25, -0.2) is 0 Å². The summed E-state index contributed by atoms with van der Waals surface area (Å²) in [5.74, 6) is 1.92. The van der Waals surface area contributed by atoms with Crippen LogP contribution in [-0.2, 0) is 19.1 Å². The second-order valence-corrected chi connectivity index (χ2v) is 8.81. The summed E-state index contributed by atoms with van der Waals surface area (Å²) >= 11 is 10.8. The van der Waals surface area contributed by atoms with E-state index in [1.165, 1.54) is 11.1 Å². The molecular weight excluding hydrogens is 503 g/mol. The second kappa shape index (κ2) is 20.7. The van der Waals surface area contributed by atoms with E-state index in [4.69, 9.17) is 42.1 Å². The number of hydrogen-bond acceptors (Lipinski definition) is 6. The number of halogens is 2. The Morgan fingerprint density at radius 1 is 0.583 bits per heavy atom. The van der Waals surface area contributed by atoms with Crippen LogP contribution in [0.25, 0.3) is 0 Å².